The maximum Gasteiger partial charge on any atom is 0.232 e. The molecule has 9 nitrogen and oxygen atoms in total. The van der Waals surface area contributed by atoms with Crippen molar-refractivity contribution in [2.24, 2.45) is 16.7 Å². The van der Waals surface area contributed by atoms with E-state index in [9.17, 15) is 29.4 Å². The maximum absolute atomic E-state index is 14.1. The lowest BCUT2D eigenvalue weighted by atomic mass is 9.63. The van der Waals surface area contributed by atoms with Crippen molar-refractivity contribution in [1.29, 1.82) is 0 Å². The molecule has 11 heteroatoms. The van der Waals surface area contributed by atoms with Gasteiger partial charge in [-0.2, -0.15) is 0 Å². The number of carbonyl (C=O) groups excluding carboxylic acids is 4. The number of hydrogen-bond donors (Lipinski definition) is 3. The van der Waals surface area contributed by atoms with Crippen LogP contribution in [0.2, 0.25) is 0 Å². The Kier molecular flexibility index (Phi) is 17.5. The Morgan fingerprint density at radius 2 is 0.973 bits per heavy atom. The van der Waals surface area contributed by atoms with Crippen molar-refractivity contribution in [1.82, 2.24) is 0 Å². The topological polar surface area (TPSA) is 127 Å². The molecular formula is C62H75N3O6S2. The summed E-state index contributed by atoms with van der Waals surface area (Å²) in [6, 6.07) is 37.6. The van der Waals surface area contributed by atoms with Gasteiger partial charge in [-0.05, 0) is 138 Å². The van der Waals surface area contributed by atoms with Crippen LogP contribution in [0.15, 0.2) is 149 Å². The number of nitrogens with one attached hydrogen (secondary N) is 1. The standard InChI is InChI=1S/C62H75N3O6S2/c1-58(2,3)49-38-48(39-50(57(49)70)59(4,5)6)73-56(69)37-35-54(67)65(44-22-18-15-19-23-44)46-30-26-42(27-31-46)63-41-24-28-45(29-25-41)64(43-20-16-14-17-21-43)53(66)34-36-55(68)72-47-32-33-51(60(7,8)9)62(13,71)52(40-47)61(10,11)12/h14-32,38-40,51,63,70-71H,33-37H2,1-13H3. The summed E-state index contributed by atoms with van der Waals surface area (Å²) in [5.74, 6) is -0.233. The first-order valence-corrected chi connectivity index (χ1v) is 26.8. The van der Waals surface area contributed by atoms with Crippen molar-refractivity contribution >= 4 is 79.7 Å². The minimum Gasteiger partial charge on any atom is -0.507 e. The Morgan fingerprint density at radius 3 is 1.36 bits per heavy atom. The molecule has 0 radical (unpaired) electrons. The van der Waals surface area contributed by atoms with Gasteiger partial charge in [0, 0.05) is 80.7 Å². The van der Waals surface area contributed by atoms with Crippen LogP contribution in [0.25, 0.3) is 0 Å². The summed E-state index contributed by atoms with van der Waals surface area (Å²) in [7, 11) is 0. The van der Waals surface area contributed by atoms with E-state index >= 15 is 0 Å². The normalized spacial score (nSPS) is 16.4. The van der Waals surface area contributed by atoms with Crippen LogP contribution in [-0.2, 0) is 30.0 Å². The van der Waals surface area contributed by atoms with Gasteiger partial charge in [-0.15, -0.1) is 0 Å². The summed E-state index contributed by atoms with van der Waals surface area (Å²) in [5.41, 5.74) is 4.42. The Labute approximate surface area is 443 Å². The first-order chi connectivity index (χ1) is 34.0. The smallest absolute Gasteiger partial charge is 0.232 e. The fourth-order valence-electron chi connectivity index (χ4n) is 9.64. The minimum absolute atomic E-state index is 0.00131. The first kappa shape index (κ1) is 56.4. The van der Waals surface area contributed by atoms with E-state index in [4.69, 9.17) is 0 Å². The third-order valence-corrected chi connectivity index (χ3v) is 15.1. The van der Waals surface area contributed by atoms with Gasteiger partial charge in [0.2, 0.25) is 11.8 Å². The third kappa shape index (κ3) is 14.5. The number of allylic oxidation sites excluding steroid dienone is 2. The number of thioether (sulfide) groups is 2. The van der Waals surface area contributed by atoms with Crippen LogP contribution in [0.4, 0.5) is 34.1 Å². The zero-order chi connectivity index (χ0) is 53.7. The summed E-state index contributed by atoms with van der Waals surface area (Å²) >= 11 is 2.24. The molecule has 0 bridgehead atoms. The van der Waals surface area contributed by atoms with Crippen LogP contribution in [0, 0.1) is 16.7 Å². The zero-order valence-electron chi connectivity index (χ0n) is 45.1. The van der Waals surface area contributed by atoms with Crippen molar-refractivity contribution in [2.75, 3.05) is 15.1 Å². The van der Waals surface area contributed by atoms with Gasteiger partial charge < -0.3 is 15.5 Å². The van der Waals surface area contributed by atoms with E-state index in [2.05, 4.69) is 52.9 Å². The van der Waals surface area contributed by atoms with Gasteiger partial charge in [0.1, 0.15) is 5.75 Å². The number of hydrogen-bond acceptors (Lipinski definition) is 9. The van der Waals surface area contributed by atoms with E-state index in [1.807, 2.05) is 176 Å². The minimum atomic E-state index is -1.07. The number of benzene rings is 5. The molecule has 73 heavy (non-hydrogen) atoms. The van der Waals surface area contributed by atoms with Gasteiger partial charge in [0.25, 0.3) is 0 Å². The number of carbonyl (C=O) groups is 4. The van der Waals surface area contributed by atoms with E-state index in [1.165, 1.54) is 0 Å². The molecule has 5 aromatic carbocycles. The molecule has 1 aliphatic carbocycles. The highest BCUT2D eigenvalue weighted by Gasteiger charge is 2.46. The van der Waals surface area contributed by atoms with Crippen LogP contribution < -0.4 is 15.1 Å². The molecular weight excluding hydrogens is 947 g/mol. The predicted octanol–water partition coefficient (Wildman–Crippen LogP) is 15.9. The van der Waals surface area contributed by atoms with Crippen LogP contribution in [-0.4, -0.2) is 37.9 Å². The lowest BCUT2D eigenvalue weighted by Gasteiger charge is -2.45. The SMILES string of the molecule is CC(C)(C)C1=CC(SC(=O)CCC(=O)N(c2ccccc2)c2ccc(Nc3ccc(N(C(=O)CCC(=O)Sc4cc(C(C)(C)C)c(O)c(C(C)(C)C)c4)c4ccccc4)cc3)cc2)=CCC(C(C)(C)C)C1(C)O. The number of rotatable bonds is 14. The van der Waals surface area contributed by atoms with E-state index in [1.54, 1.807) is 9.80 Å². The molecule has 6 rings (SSSR count). The maximum atomic E-state index is 14.1. The highest BCUT2D eigenvalue weighted by molar-refractivity contribution is 8.17. The van der Waals surface area contributed by atoms with Crippen LogP contribution in [0.3, 0.4) is 0 Å². The fraction of sp³-hybridized carbons (Fsp3) is 0.387. The summed E-state index contributed by atoms with van der Waals surface area (Å²) in [4.78, 5) is 60.1. The molecule has 1 aliphatic rings. The second-order valence-corrected chi connectivity index (χ2v) is 25.6. The molecule has 0 heterocycles. The molecule has 3 N–H and O–H groups in total. The van der Waals surface area contributed by atoms with Gasteiger partial charge in [-0.3, -0.25) is 29.0 Å². The second-order valence-electron chi connectivity index (χ2n) is 23.4. The van der Waals surface area contributed by atoms with Crippen molar-refractivity contribution < 1.29 is 29.4 Å². The average Bonchev–Trinajstić information content (AvgIpc) is 3.44. The van der Waals surface area contributed by atoms with Crippen LogP contribution in [0.5, 0.6) is 5.75 Å². The number of nitrogens with zero attached hydrogens (tertiary/aromatic N) is 2. The lowest BCUT2D eigenvalue weighted by Crippen LogP contribution is -2.46. The molecule has 2 amide bonds. The van der Waals surface area contributed by atoms with Crippen molar-refractivity contribution in [2.45, 2.75) is 143 Å². The summed E-state index contributed by atoms with van der Waals surface area (Å²) < 4.78 is 0. The molecule has 0 aliphatic heterocycles. The van der Waals surface area contributed by atoms with Crippen molar-refractivity contribution in [3.05, 3.63) is 155 Å². The number of amides is 2. The third-order valence-electron chi connectivity index (χ3n) is 13.2. The van der Waals surface area contributed by atoms with Crippen molar-refractivity contribution in [3.63, 3.8) is 0 Å². The van der Waals surface area contributed by atoms with E-state index in [0.717, 1.165) is 61.4 Å². The lowest BCUT2D eigenvalue weighted by molar-refractivity contribution is -0.120. The van der Waals surface area contributed by atoms with Crippen LogP contribution in [0.1, 0.15) is 133 Å². The highest BCUT2D eigenvalue weighted by Crippen LogP contribution is 2.50. The van der Waals surface area contributed by atoms with Gasteiger partial charge in [-0.1, -0.05) is 149 Å². The molecule has 2 atom stereocenters. The van der Waals surface area contributed by atoms with Gasteiger partial charge in [0.05, 0.1) is 5.60 Å². The fourth-order valence-corrected chi connectivity index (χ4v) is 11.3. The molecule has 0 saturated carbocycles. The molecule has 0 fully saturated rings. The quantitative estimate of drug-likeness (QED) is 0.0932. The Bertz CT molecular complexity index is 2790. The van der Waals surface area contributed by atoms with Crippen LogP contribution >= 0.6 is 23.5 Å². The Hall–Kier alpha value is -5.88. The second kappa shape index (κ2) is 22.7. The van der Waals surface area contributed by atoms with Gasteiger partial charge >= 0.3 is 0 Å². The first-order valence-electron chi connectivity index (χ1n) is 25.2. The number of phenols is 1. The largest absolute Gasteiger partial charge is 0.507 e. The molecule has 5 aromatic rings. The monoisotopic (exact) mass is 1020 g/mol. The van der Waals surface area contributed by atoms with E-state index < -0.39 is 5.60 Å². The molecule has 386 valence electrons. The predicted molar refractivity (Wildman–Crippen MR) is 305 cm³/mol. The number of aromatic hydroxyl groups is 1. The average molecular weight is 1020 g/mol. The highest BCUT2D eigenvalue weighted by atomic mass is 32.2. The molecule has 0 aromatic heterocycles. The number of phenolic OH excluding ortho intramolecular Hbond substituents is 1. The summed E-state index contributed by atoms with van der Waals surface area (Å²) in [6.07, 6.45) is 4.74. The zero-order valence-corrected chi connectivity index (χ0v) is 46.7. The Balaban J connectivity index is 1.12. The van der Waals surface area contributed by atoms with Gasteiger partial charge in [-0.25, -0.2) is 0 Å². The van der Waals surface area contributed by atoms with E-state index in [0.29, 0.717) is 29.2 Å². The summed E-state index contributed by atoms with van der Waals surface area (Å²) in [5, 5.41) is 26.3. The molecule has 0 saturated heterocycles. The number of aliphatic hydroxyl groups is 1. The summed E-state index contributed by atoms with van der Waals surface area (Å²) in [6.45, 7) is 26.8. The number of para-hydroxylation sites is 2. The van der Waals surface area contributed by atoms with Gasteiger partial charge in [0.15, 0.2) is 10.2 Å². The number of anilines is 6. The Morgan fingerprint density at radius 1 is 0.575 bits per heavy atom. The van der Waals surface area contributed by atoms with Crippen molar-refractivity contribution in [3.8, 4) is 5.75 Å². The molecule has 2 unspecified atom stereocenters. The molecule has 0 spiro atoms. The van der Waals surface area contributed by atoms with E-state index in [-0.39, 0.29) is 81.1 Å².